The maximum atomic E-state index is 13.2. The zero-order valence-electron chi connectivity index (χ0n) is 11.9. The highest BCUT2D eigenvalue weighted by molar-refractivity contribution is 7.99. The van der Waals surface area contributed by atoms with Crippen LogP contribution < -0.4 is 0 Å². The molecular formula is C18H12Cl2FNS. The summed E-state index contributed by atoms with van der Waals surface area (Å²) in [6, 6.07) is 15.7. The van der Waals surface area contributed by atoms with Crippen molar-refractivity contribution in [2.24, 2.45) is 0 Å². The van der Waals surface area contributed by atoms with Gasteiger partial charge in [0.1, 0.15) is 5.82 Å². The van der Waals surface area contributed by atoms with E-state index in [1.54, 1.807) is 48.4 Å². The number of halogens is 3. The van der Waals surface area contributed by atoms with Crippen LogP contribution in [0, 0.1) is 5.82 Å². The monoisotopic (exact) mass is 363 g/mol. The van der Waals surface area contributed by atoms with E-state index in [1.165, 1.54) is 12.1 Å². The van der Waals surface area contributed by atoms with E-state index in [1.807, 2.05) is 18.2 Å². The lowest BCUT2D eigenvalue weighted by Crippen LogP contribution is -1.98. The fourth-order valence-electron chi connectivity index (χ4n) is 2.19. The third kappa shape index (κ3) is 4.05. The molecule has 5 heteroatoms. The van der Waals surface area contributed by atoms with Gasteiger partial charge in [-0.25, -0.2) is 4.39 Å². The summed E-state index contributed by atoms with van der Waals surface area (Å²) in [4.78, 5) is 5.06. The molecule has 0 aliphatic rings. The van der Waals surface area contributed by atoms with E-state index in [0.717, 1.165) is 16.0 Å². The molecule has 0 N–H and O–H groups in total. The van der Waals surface area contributed by atoms with E-state index in [2.05, 4.69) is 4.98 Å². The van der Waals surface area contributed by atoms with Gasteiger partial charge in [0.2, 0.25) is 0 Å². The summed E-state index contributed by atoms with van der Waals surface area (Å²) >= 11 is 13.9. The minimum absolute atomic E-state index is 0.0553. The van der Waals surface area contributed by atoms with Gasteiger partial charge in [0, 0.05) is 22.3 Å². The van der Waals surface area contributed by atoms with Crippen LogP contribution in [0.15, 0.2) is 71.9 Å². The standard InChI is InChI=1S/C18H12Cl2FNS/c19-14-5-8-16(20)17(10-14)23-18(13-2-1-9-22-11-13)12-3-6-15(21)7-4-12/h1-11,18H. The Balaban J connectivity index is 2.02. The number of pyridine rings is 1. The van der Waals surface area contributed by atoms with Crippen molar-refractivity contribution < 1.29 is 4.39 Å². The minimum Gasteiger partial charge on any atom is -0.264 e. The van der Waals surface area contributed by atoms with Crippen molar-refractivity contribution in [2.75, 3.05) is 0 Å². The number of thioether (sulfide) groups is 1. The molecule has 0 radical (unpaired) electrons. The zero-order chi connectivity index (χ0) is 16.2. The van der Waals surface area contributed by atoms with Gasteiger partial charge in [0.25, 0.3) is 0 Å². The number of aromatic nitrogens is 1. The lowest BCUT2D eigenvalue weighted by atomic mass is 10.1. The maximum absolute atomic E-state index is 13.2. The van der Waals surface area contributed by atoms with Gasteiger partial charge in [0.15, 0.2) is 0 Å². The van der Waals surface area contributed by atoms with E-state index < -0.39 is 0 Å². The minimum atomic E-state index is -0.260. The molecule has 0 saturated carbocycles. The van der Waals surface area contributed by atoms with Gasteiger partial charge in [-0.05, 0) is 47.5 Å². The number of nitrogens with zero attached hydrogens (tertiary/aromatic N) is 1. The van der Waals surface area contributed by atoms with Gasteiger partial charge in [-0.3, -0.25) is 4.98 Å². The summed E-state index contributed by atoms with van der Waals surface area (Å²) in [5.41, 5.74) is 1.99. The Morgan fingerprint density at radius 1 is 0.957 bits per heavy atom. The number of hydrogen-bond donors (Lipinski definition) is 0. The van der Waals surface area contributed by atoms with Crippen molar-refractivity contribution in [1.29, 1.82) is 0 Å². The highest BCUT2D eigenvalue weighted by atomic mass is 35.5. The average molecular weight is 364 g/mol. The molecule has 116 valence electrons. The van der Waals surface area contributed by atoms with Crippen LogP contribution >= 0.6 is 35.0 Å². The quantitative estimate of drug-likeness (QED) is 0.496. The van der Waals surface area contributed by atoms with Crippen molar-refractivity contribution in [3.63, 3.8) is 0 Å². The molecule has 0 aliphatic heterocycles. The van der Waals surface area contributed by atoms with Crippen molar-refractivity contribution in [1.82, 2.24) is 4.98 Å². The summed E-state index contributed by atoms with van der Waals surface area (Å²) in [5.74, 6) is -0.260. The molecule has 0 fully saturated rings. The highest BCUT2D eigenvalue weighted by Gasteiger charge is 2.18. The Bertz CT molecular complexity index is 794. The molecule has 0 spiro atoms. The average Bonchev–Trinajstić information content (AvgIpc) is 2.57. The molecule has 1 heterocycles. The molecule has 3 aromatic rings. The topological polar surface area (TPSA) is 12.9 Å². The second-order valence-electron chi connectivity index (χ2n) is 4.91. The van der Waals surface area contributed by atoms with Crippen molar-refractivity contribution in [3.05, 3.63) is 94.0 Å². The summed E-state index contributed by atoms with van der Waals surface area (Å²) < 4.78 is 13.2. The molecule has 0 bridgehead atoms. The van der Waals surface area contributed by atoms with Gasteiger partial charge in [0.05, 0.1) is 10.3 Å². The van der Waals surface area contributed by atoms with Crippen LogP contribution in [-0.2, 0) is 0 Å². The van der Waals surface area contributed by atoms with Gasteiger partial charge in [-0.2, -0.15) is 0 Å². The number of rotatable bonds is 4. The Kier molecular flexibility index (Phi) is 5.21. The van der Waals surface area contributed by atoms with Gasteiger partial charge in [-0.1, -0.05) is 41.4 Å². The van der Waals surface area contributed by atoms with Crippen LogP contribution in [0.4, 0.5) is 4.39 Å². The first kappa shape index (κ1) is 16.3. The zero-order valence-corrected chi connectivity index (χ0v) is 14.2. The predicted molar refractivity (Wildman–Crippen MR) is 94.8 cm³/mol. The molecular weight excluding hydrogens is 352 g/mol. The molecule has 1 aromatic heterocycles. The van der Waals surface area contributed by atoms with E-state index in [4.69, 9.17) is 23.2 Å². The summed E-state index contributed by atoms with van der Waals surface area (Å²) in [5, 5.41) is 1.21. The van der Waals surface area contributed by atoms with E-state index in [-0.39, 0.29) is 11.1 Å². The molecule has 1 nitrogen and oxygen atoms in total. The van der Waals surface area contributed by atoms with Gasteiger partial charge < -0.3 is 0 Å². The van der Waals surface area contributed by atoms with Crippen molar-refractivity contribution in [3.8, 4) is 0 Å². The van der Waals surface area contributed by atoms with Crippen LogP contribution in [-0.4, -0.2) is 4.98 Å². The Morgan fingerprint density at radius 2 is 1.74 bits per heavy atom. The number of benzene rings is 2. The maximum Gasteiger partial charge on any atom is 0.123 e. The first-order valence-corrected chi connectivity index (χ1v) is 8.54. The Hall–Kier alpha value is -1.55. The highest BCUT2D eigenvalue weighted by Crippen LogP contribution is 2.43. The second kappa shape index (κ2) is 7.35. The molecule has 1 atom stereocenters. The SMILES string of the molecule is Fc1ccc(C(Sc2cc(Cl)ccc2Cl)c2cccnc2)cc1. The van der Waals surface area contributed by atoms with Crippen LogP contribution in [0.5, 0.6) is 0 Å². The van der Waals surface area contributed by atoms with Gasteiger partial charge >= 0.3 is 0 Å². The van der Waals surface area contributed by atoms with E-state index in [0.29, 0.717) is 10.0 Å². The second-order valence-corrected chi connectivity index (χ2v) is 6.90. The molecule has 3 rings (SSSR count). The fraction of sp³-hybridized carbons (Fsp3) is 0.0556. The van der Waals surface area contributed by atoms with Gasteiger partial charge in [-0.15, -0.1) is 11.8 Å². The van der Waals surface area contributed by atoms with Crippen LogP contribution in [0.25, 0.3) is 0 Å². The molecule has 0 amide bonds. The largest absolute Gasteiger partial charge is 0.264 e. The lowest BCUT2D eigenvalue weighted by Gasteiger charge is -2.18. The fourth-order valence-corrected chi connectivity index (χ4v) is 3.88. The first-order valence-electron chi connectivity index (χ1n) is 6.90. The molecule has 2 aromatic carbocycles. The van der Waals surface area contributed by atoms with Crippen LogP contribution in [0.2, 0.25) is 10.0 Å². The van der Waals surface area contributed by atoms with E-state index in [9.17, 15) is 4.39 Å². The van der Waals surface area contributed by atoms with E-state index >= 15 is 0 Å². The Labute approximate surface area is 148 Å². The smallest absolute Gasteiger partial charge is 0.123 e. The predicted octanol–water partition coefficient (Wildman–Crippen LogP) is 6.41. The molecule has 0 saturated heterocycles. The van der Waals surface area contributed by atoms with Crippen LogP contribution in [0.1, 0.15) is 16.4 Å². The van der Waals surface area contributed by atoms with Crippen LogP contribution in [0.3, 0.4) is 0 Å². The summed E-state index contributed by atoms with van der Waals surface area (Å²) in [7, 11) is 0. The third-order valence-corrected chi connectivity index (χ3v) is 5.35. The lowest BCUT2D eigenvalue weighted by molar-refractivity contribution is 0.627. The first-order chi connectivity index (χ1) is 11.1. The molecule has 0 aliphatic carbocycles. The Morgan fingerprint density at radius 3 is 2.43 bits per heavy atom. The molecule has 23 heavy (non-hydrogen) atoms. The normalized spacial score (nSPS) is 12.1. The number of hydrogen-bond acceptors (Lipinski definition) is 2. The van der Waals surface area contributed by atoms with Crippen molar-refractivity contribution in [2.45, 2.75) is 10.1 Å². The third-order valence-electron chi connectivity index (χ3n) is 3.30. The summed E-state index contributed by atoms with van der Waals surface area (Å²) in [6.45, 7) is 0. The van der Waals surface area contributed by atoms with Crippen molar-refractivity contribution >= 4 is 35.0 Å². The molecule has 1 unspecified atom stereocenters. The summed E-state index contributed by atoms with van der Waals surface area (Å²) in [6.07, 6.45) is 3.53.